The van der Waals surface area contributed by atoms with Crippen molar-refractivity contribution in [3.63, 3.8) is 0 Å². The molecule has 0 N–H and O–H groups in total. The highest BCUT2D eigenvalue weighted by Crippen LogP contribution is 2.45. The largest absolute Gasteiger partial charge is 0.487 e. The average Bonchev–Trinajstić information content (AvgIpc) is 3.06. The maximum absolute atomic E-state index is 6.31. The maximum Gasteiger partial charge on any atom is 0.162 e. The first-order valence-electron chi connectivity index (χ1n) is 19.5. The highest BCUT2D eigenvalue weighted by Gasteiger charge is 2.19. The van der Waals surface area contributed by atoms with Crippen molar-refractivity contribution >= 4 is 64.6 Å². The Bertz CT molecular complexity index is 2040. The molecule has 0 saturated heterocycles. The molecule has 0 aliphatic carbocycles. The first-order chi connectivity index (χ1) is 25.6. The van der Waals surface area contributed by atoms with Gasteiger partial charge in [-0.2, -0.15) is 0 Å². The van der Waals surface area contributed by atoms with E-state index in [0.717, 1.165) is 99.1 Å². The number of hydrogen-bond donors (Lipinski definition) is 0. The highest BCUT2D eigenvalue weighted by atomic mass is 16.5. The van der Waals surface area contributed by atoms with Crippen molar-refractivity contribution in [3.8, 4) is 34.5 Å². The van der Waals surface area contributed by atoms with Crippen LogP contribution in [0.3, 0.4) is 0 Å². The monoisotopic (exact) mass is 726 g/mol. The fraction of sp³-hybridized carbons (Fsp3) is 0.375. The van der Waals surface area contributed by atoms with E-state index in [1.807, 2.05) is 83.1 Å². The minimum Gasteiger partial charge on any atom is -0.487 e. The van der Waals surface area contributed by atoms with E-state index in [1.54, 1.807) is 0 Å². The molecule has 0 aliphatic heterocycles. The Morgan fingerprint density at radius 2 is 0.352 bits per heavy atom. The van der Waals surface area contributed by atoms with E-state index >= 15 is 0 Å². The van der Waals surface area contributed by atoms with Gasteiger partial charge in [-0.3, -0.25) is 0 Å². The van der Waals surface area contributed by atoms with Crippen LogP contribution >= 0.6 is 0 Å². The Balaban J connectivity index is 1.61. The second kappa shape index (κ2) is 14.6. The van der Waals surface area contributed by atoms with Gasteiger partial charge in [0.25, 0.3) is 0 Å². The van der Waals surface area contributed by atoms with Gasteiger partial charge < -0.3 is 28.4 Å². The van der Waals surface area contributed by atoms with E-state index < -0.39 is 0 Å². The third-order valence-electron chi connectivity index (χ3n) is 9.16. The summed E-state index contributed by atoms with van der Waals surface area (Å²) in [4.78, 5) is 0. The summed E-state index contributed by atoms with van der Waals surface area (Å²) in [5, 5.41) is 13.5. The van der Waals surface area contributed by atoms with E-state index in [9.17, 15) is 0 Å². The number of ether oxygens (including phenoxy) is 6. The van der Waals surface area contributed by atoms with Crippen LogP contribution in [-0.2, 0) is 0 Å². The molecule has 0 aliphatic rings. The van der Waals surface area contributed by atoms with E-state index in [-0.39, 0.29) is 36.6 Å². The van der Waals surface area contributed by atoms with Crippen molar-refractivity contribution in [2.75, 3.05) is 0 Å². The van der Waals surface area contributed by atoms with Gasteiger partial charge in [-0.25, -0.2) is 0 Å². The summed E-state index contributed by atoms with van der Waals surface area (Å²) in [6.07, 6.45) is 0.0260. The summed E-state index contributed by atoms with van der Waals surface area (Å²) in [5.41, 5.74) is 0. The van der Waals surface area contributed by atoms with Crippen molar-refractivity contribution in [1.29, 1.82) is 0 Å². The van der Waals surface area contributed by atoms with Crippen LogP contribution in [0, 0.1) is 0 Å². The zero-order valence-corrected chi connectivity index (χ0v) is 33.8. The Labute approximate surface area is 319 Å². The van der Waals surface area contributed by atoms with Crippen LogP contribution in [-0.4, -0.2) is 36.6 Å². The van der Waals surface area contributed by atoms with Gasteiger partial charge in [0, 0.05) is 0 Å². The molecule has 6 nitrogen and oxygen atoms in total. The van der Waals surface area contributed by atoms with Gasteiger partial charge in [-0.05, 0) is 221 Å². The summed E-state index contributed by atoms with van der Waals surface area (Å²) in [7, 11) is 0. The molecule has 0 bridgehead atoms. The molecule has 0 radical (unpaired) electrons. The molecule has 0 fully saturated rings. The Kier molecular flexibility index (Phi) is 10.1. The van der Waals surface area contributed by atoms with Crippen LogP contribution in [0.1, 0.15) is 83.1 Å². The van der Waals surface area contributed by atoms with Gasteiger partial charge >= 0.3 is 0 Å². The summed E-state index contributed by atoms with van der Waals surface area (Å²) in [6, 6.07) is 26.6. The summed E-state index contributed by atoms with van der Waals surface area (Å²) < 4.78 is 37.9. The van der Waals surface area contributed by atoms with Crippen LogP contribution in [0.25, 0.3) is 64.6 Å². The zero-order chi connectivity index (χ0) is 38.6. The predicted octanol–water partition coefficient (Wildman–Crippen LogP) is 13.3. The average molecular weight is 727 g/mol. The molecule has 7 aromatic carbocycles. The SMILES string of the molecule is CC(C)Oc1cc2cc3c4cc5cc(OC(C)C)c(OC(C)C)cc5cc4c4cc5cc(OC(C)C)c(OC(C)C)cc5cc4c3cc2cc1OC(C)C. The molecule has 7 aromatic rings. The van der Waals surface area contributed by atoms with Crippen molar-refractivity contribution in [2.24, 2.45) is 0 Å². The van der Waals surface area contributed by atoms with Gasteiger partial charge in [0.15, 0.2) is 34.5 Å². The second-order valence-electron chi connectivity index (χ2n) is 16.1. The lowest BCUT2D eigenvalue weighted by Gasteiger charge is -2.20. The van der Waals surface area contributed by atoms with Gasteiger partial charge in [0.05, 0.1) is 36.6 Å². The van der Waals surface area contributed by atoms with Crippen molar-refractivity contribution in [1.82, 2.24) is 0 Å². The first-order valence-corrected chi connectivity index (χ1v) is 19.5. The lowest BCUT2D eigenvalue weighted by atomic mass is 9.89. The minimum absolute atomic E-state index is 0.00433. The summed E-state index contributed by atoms with van der Waals surface area (Å²) >= 11 is 0. The number of rotatable bonds is 12. The smallest absolute Gasteiger partial charge is 0.162 e. The Hall–Kier alpha value is -5.10. The van der Waals surface area contributed by atoms with Gasteiger partial charge in [0.2, 0.25) is 0 Å². The first kappa shape index (κ1) is 37.2. The Morgan fingerprint density at radius 1 is 0.222 bits per heavy atom. The van der Waals surface area contributed by atoms with E-state index in [0.29, 0.717) is 0 Å². The van der Waals surface area contributed by atoms with Crippen LogP contribution in [0.15, 0.2) is 72.8 Å². The number of hydrogen-bond acceptors (Lipinski definition) is 6. The third-order valence-corrected chi connectivity index (χ3v) is 9.16. The molecule has 0 heterocycles. The van der Waals surface area contributed by atoms with Crippen molar-refractivity contribution in [3.05, 3.63) is 72.8 Å². The molecule has 0 aromatic heterocycles. The molecule has 6 heteroatoms. The molecule has 282 valence electrons. The molecule has 0 amide bonds. The number of fused-ring (bicyclic) bond motifs is 9. The normalized spacial score (nSPS) is 12.3. The zero-order valence-electron chi connectivity index (χ0n) is 33.8. The molecule has 0 saturated carbocycles. The fourth-order valence-corrected chi connectivity index (χ4v) is 7.34. The second-order valence-corrected chi connectivity index (χ2v) is 16.1. The Morgan fingerprint density at radius 3 is 0.463 bits per heavy atom. The van der Waals surface area contributed by atoms with Gasteiger partial charge in [0.1, 0.15) is 0 Å². The van der Waals surface area contributed by atoms with Gasteiger partial charge in [-0.1, -0.05) is 0 Å². The quantitative estimate of drug-likeness (QED) is 0.0923. The van der Waals surface area contributed by atoms with Crippen LogP contribution in [0.5, 0.6) is 34.5 Å². The molecule has 54 heavy (non-hydrogen) atoms. The summed E-state index contributed by atoms with van der Waals surface area (Å²) in [5.74, 6) is 4.49. The molecule has 0 spiro atoms. The lowest BCUT2D eigenvalue weighted by Crippen LogP contribution is -2.10. The van der Waals surface area contributed by atoms with Crippen molar-refractivity contribution < 1.29 is 28.4 Å². The van der Waals surface area contributed by atoms with Crippen LogP contribution < -0.4 is 28.4 Å². The molecular formula is C48H54O6. The minimum atomic E-state index is 0.00433. The summed E-state index contributed by atoms with van der Waals surface area (Å²) in [6.45, 7) is 24.5. The predicted molar refractivity (Wildman–Crippen MR) is 226 cm³/mol. The molecule has 0 unspecified atom stereocenters. The molecule has 0 atom stereocenters. The topological polar surface area (TPSA) is 55.4 Å². The lowest BCUT2D eigenvalue weighted by molar-refractivity contribution is 0.199. The number of benzene rings is 7. The van der Waals surface area contributed by atoms with Crippen molar-refractivity contribution in [2.45, 2.75) is 120 Å². The van der Waals surface area contributed by atoms with Crippen LogP contribution in [0.2, 0.25) is 0 Å². The standard InChI is InChI=1S/C48H54O6/c1-25(2)49-43-19-31-13-37-38(14-32(31)20-44(43)50-26(3)4)40-16-34-22-46(52-28(7)8)48(54-30(11)12)24-36(34)18-42(40)41-17-35-23-47(53-29(9)10)45(51-27(5)6)21-33(35)15-39(37)41/h13-30H,1-12H3. The van der Waals surface area contributed by atoms with E-state index in [4.69, 9.17) is 28.4 Å². The van der Waals surface area contributed by atoms with E-state index in [1.165, 1.54) is 0 Å². The highest BCUT2D eigenvalue weighted by molar-refractivity contribution is 6.30. The van der Waals surface area contributed by atoms with E-state index in [2.05, 4.69) is 72.8 Å². The van der Waals surface area contributed by atoms with Gasteiger partial charge in [-0.15, -0.1) is 0 Å². The molecular weight excluding hydrogens is 673 g/mol. The third kappa shape index (κ3) is 7.48. The maximum atomic E-state index is 6.31. The van der Waals surface area contributed by atoms with Crippen LogP contribution in [0.4, 0.5) is 0 Å². The fourth-order valence-electron chi connectivity index (χ4n) is 7.34. The molecule has 7 rings (SSSR count).